The third-order valence-corrected chi connectivity index (χ3v) is 5.59. The van der Waals surface area contributed by atoms with Crippen molar-refractivity contribution in [2.75, 3.05) is 39.3 Å². The topological polar surface area (TPSA) is 56.8 Å². The Morgan fingerprint density at radius 2 is 1.54 bits per heavy atom. The van der Waals surface area contributed by atoms with Crippen LogP contribution in [0.4, 0.5) is 9.18 Å². The number of hydrogen-bond acceptors (Lipinski definition) is 3. The normalized spacial score (nSPS) is 17.9. The number of halogens is 1. The minimum Gasteiger partial charge on any atom is -0.335 e. The summed E-state index contributed by atoms with van der Waals surface area (Å²) in [5.74, 6) is -0.457. The van der Waals surface area contributed by atoms with Crippen LogP contribution in [0.3, 0.4) is 0 Å². The van der Waals surface area contributed by atoms with Crippen LogP contribution >= 0.6 is 0 Å². The van der Waals surface area contributed by atoms with Crippen LogP contribution in [-0.4, -0.2) is 70.9 Å². The number of carbonyl (C=O) groups excluding carboxylic acids is 2. The van der Waals surface area contributed by atoms with E-state index >= 15 is 0 Å². The fourth-order valence-electron chi connectivity index (χ4n) is 4.07. The van der Waals surface area contributed by atoms with Crippen molar-refractivity contribution in [1.82, 2.24) is 19.7 Å². The highest BCUT2D eigenvalue weighted by molar-refractivity contribution is 6.06. The molecule has 1 aromatic carbocycles. The number of aryl methyl sites for hydroxylation is 1. The van der Waals surface area contributed by atoms with Crippen molar-refractivity contribution in [3.8, 4) is 0 Å². The van der Waals surface area contributed by atoms with Gasteiger partial charge in [-0.2, -0.15) is 0 Å². The van der Waals surface area contributed by atoms with Gasteiger partial charge in [-0.1, -0.05) is 0 Å². The Balaban J connectivity index is 1.47. The number of nitrogens with zero attached hydrogens (tertiary/aromatic N) is 4. The van der Waals surface area contributed by atoms with E-state index in [9.17, 15) is 14.0 Å². The molecule has 0 aliphatic carbocycles. The number of likely N-dealkylation sites (tertiary alicyclic amines) is 1. The van der Waals surface area contributed by atoms with Crippen LogP contribution < -0.4 is 0 Å². The minimum atomic E-state index is -0.367. The average molecular weight is 384 g/mol. The van der Waals surface area contributed by atoms with Gasteiger partial charge in [0.2, 0.25) is 0 Å². The smallest absolute Gasteiger partial charge is 0.320 e. The number of piperidine rings is 1. The summed E-state index contributed by atoms with van der Waals surface area (Å²) in [6.07, 6.45) is 3.33. The fraction of sp³-hybridized carbons (Fsp3) is 0.476. The van der Waals surface area contributed by atoms with Crippen molar-refractivity contribution in [3.05, 3.63) is 41.3 Å². The van der Waals surface area contributed by atoms with E-state index in [-0.39, 0.29) is 17.8 Å². The predicted molar refractivity (Wildman–Crippen MR) is 105 cm³/mol. The molecule has 2 aromatic rings. The molecule has 6 nitrogen and oxygen atoms in total. The van der Waals surface area contributed by atoms with Gasteiger partial charge in [-0.25, -0.2) is 9.18 Å². The molecule has 148 valence electrons. The Labute approximate surface area is 163 Å². The fourth-order valence-corrected chi connectivity index (χ4v) is 4.07. The summed E-state index contributed by atoms with van der Waals surface area (Å²) in [5, 5.41) is 0.656. The summed E-state index contributed by atoms with van der Waals surface area (Å²) in [5.41, 5.74) is 1.71. The highest BCUT2D eigenvalue weighted by atomic mass is 19.1. The van der Waals surface area contributed by atoms with Crippen molar-refractivity contribution in [3.63, 3.8) is 0 Å². The van der Waals surface area contributed by atoms with E-state index in [4.69, 9.17) is 0 Å². The first-order chi connectivity index (χ1) is 13.5. The van der Waals surface area contributed by atoms with Gasteiger partial charge in [-0.3, -0.25) is 9.78 Å². The number of pyridine rings is 1. The van der Waals surface area contributed by atoms with Gasteiger partial charge in [-0.15, -0.1) is 0 Å². The van der Waals surface area contributed by atoms with E-state index in [1.807, 2.05) is 9.80 Å². The first-order valence-corrected chi connectivity index (χ1v) is 9.93. The zero-order valence-corrected chi connectivity index (χ0v) is 16.2. The van der Waals surface area contributed by atoms with Crippen molar-refractivity contribution >= 4 is 22.8 Å². The molecule has 3 amide bonds. The number of benzene rings is 1. The quantitative estimate of drug-likeness (QED) is 0.759. The average Bonchev–Trinajstić information content (AvgIpc) is 2.72. The van der Waals surface area contributed by atoms with Crippen molar-refractivity contribution in [2.24, 2.45) is 0 Å². The molecule has 1 aromatic heterocycles. The van der Waals surface area contributed by atoms with Crippen LogP contribution in [0.5, 0.6) is 0 Å². The summed E-state index contributed by atoms with van der Waals surface area (Å²) in [6, 6.07) is 6.17. The molecule has 0 N–H and O–H groups in total. The summed E-state index contributed by atoms with van der Waals surface area (Å²) in [7, 11) is 0. The monoisotopic (exact) mass is 384 g/mol. The lowest BCUT2D eigenvalue weighted by Gasteiger charge is -2.38. The molecule has 0 radical (unpaired) electrons. The van der Waals surface area contributed by atoms with Gasteiger partial charge in [0.05, 0.1) is 11.1 Å². The molecule has 0 unspecified atom stereocenters. The van der Waals surface area contributed by atoms with E-state index in [1.165, 1.54) is 18.6 Å². The number of piperazine rings is 1. The van der Waals surface area contributed by atoms with Crippen LogP contribution in [0.1, 0.15) is 35.3 Å². The second-order valence-electron chi connectivity index (χ2n) is 7.58. The van der Waals surface area contributed by atoms with Crippen LogP contribution in [0.2, 0.25) is 0 Å². The SMILES string of the molecule is Cc1cc(C(=O)N2CCN(C(=O)N3CCCCC3)CC2)c2ccc(F)cc2n1. The summed E-state index contributed by atoms with van der Waals surface area (Å²) in [6.45, 7) is 5.55. The van der Waals surface area contributed by atoms with Crippen LogP contribution in [-0.2, 0) is 0 Å². The van der Waals surface area contributed by atoms with E-state index < -0.39 is 0 Å². The zero-order chi connectivity index (χ0) is 19.7. The molecule has 3 heterocycles. The second-order valence-corrected chi connectivity index (χ2v) is 7.58. The number of carbonyl (C=O) groups is 2. The number of hydrogen-bond donors (Lipinski definition) is 0. The Hall–Kier alpha value is -2.70. The molecule has 7 heteroatoms. The first kappa shape index (κ1) is 18.7. The summed E-state index contributed by atoms with van der Waals surface area (Å²) >= 11 is 0. The maximum Gasteiger partial charge on any atom is 0.320 e. The van der Waals surface area contributed by atoms with Gasteiger partial charge in [-0.05, 0) is 44.4 Å². The van der Waals surface area contributed by atoms with Gasteiger partial charge in [0.25, 0.3) is 5.91 Å². The largest absolute Gasteiger partial charge is 0.335 e. The highest BCUT2D eigenvalue weighted by Crippen LogP contribution is 2.22. The molecule has 2 fully saturated rings. The van der Waals surface area contributed by atoms with E-state index in [1.54, 1.807) is 24.0 Å². The Morgan fingerprint density at radius 3 is 2.25 bits per heavy atom. The maximum absolute atomic E-state index is 13.6. The van der Waals surface area contributed by atoms with E-state index in [0.717, 1.165) is 25.9 Å². The molecule has 0 atom stereocenters. The van der Waals surface area contributed by atoms with E-state index in [2.05, 4.69) is 4.98 Å². The molecule has 2 aliphatic rings. The number of rotatable bonds is 1. The molecular formula is C21H25FN4O2. The Kier molecular flexibility index (Phi) is 5.15. The van der Waals surface area contributed by atoms with Crippen LogP contribution in [0, 0.1) is 12.7 Å². The van der Waals surface area contributed by atoms with Crippen molar-refractivity contribution < 1.29 is 14.0 Å². The molecule has 2 aliphatic heterocycles. The molecule has 28 heavy (non-hydrogen) atoms. The van der Waals surface area contributed by atoms with Gasteiger partial charge in [0, 0.05) is 56.4 Å². The van der Waals surface area contributed by atoms with Gasteiger partial charge >= 0.3 is 6.03 Å². The zero-order valence-electron chi connectivity index (χ0n) is 16.2. The Morgan fingerprint density at radius 1 is 0.893 bits per heavy atom. The van der Waals surface area contributed by atoms with Crippen molar-refractivity contribution in [1.29, 1.82) is 0 Å². The first-order valence-electron chi connectivity index (χ1n) is 9.93. The number of amides is 3. The van der Waals surface area contributed by atoms with E-state index in [0.29, 0.717) is 48.3 Å². The number of urea groups is 1. The molecule has 0 bridgehead atoms. The summed E-state index contributed by atoms with van der Waals surface area (Å²) < 4.78 is 13.6. The molecule has 2 saturated heterocycles. The molecule has 0 saturated carbocycles. The van der Waals surface area contributed by atoms with Gasteiger partial charge in [0.15, 0.2) is 0 Å². The lowest BCUT2D eigenvalue weighted by atomic mass is 10.1. The number of fused-ring (bicyclic) bond motifs is 1. The molecule has 0 spiro atoms. The predicted octanol–water partition coefficient (Wildman–Crippen LogP) is 3.05. The van der Waals surface area contributed by atoms with Crippen molar-refractivity contribution in [2.45, 2.75) is 26.2 Å². The molecule has 4 rings (SSSR count). The van der Waals surface area contributed by atoms with Crippen LogP contribution in [0.15, 0.2) is 24.3 Å². The third-order valence-electron chi connectivity index (χ3n) is 5.59. The molecular weight excluding hydrogens is 359 g/mol. The third kappa shape index (κ3) is 3.66. The second kappa shape index (κ2) is 7.73. The van der Waals surface area contributed by atoms with Gasteiger partial charge in [0.1, 0.15) is 5.82 Å². The lowest BCUT2D eigenvalue weighted by Crippen LogP contribution is -2.54. The number of aromatic nitrogens is 1. The maximum atomic E-state index is 13.6. The highest BCUT2D eigenvalue weighted by Gasteiger charge is 2.29. The summed E-state index contributed by atoms with van der Waals surface area (Å²) in [4.78, 5) is 35.7. The lowest BCUT2D eigenvalue weighted by molar-refractivity contribution is 0.0634. The Bertz CT molecular complexity index is 897. The van der Waals surface area contributed by atoms with Gasteiger partial charge < -0.3 is 14.7 Å². The standard InChI is InChI=1S/C21H25FN4O2/c1-15-13-18(17-6-5-16(22)14-19(17)23-15)20(27)24-9-11-26(12-10-24)21(28)25-7-3-2-4-8-25/h5-6,13-14H,2-4,7-12H2,1H3. The van der Waals surface area contributed by atoms with Crippen LogP contribution in [0.25, 0.3) is 10.9 Å². The minimum absolute atomic E-state index is 0.0903.